The lowest BCUT2D eigenvalue weighted by Crippen LogP contribution is -2.30. The van der Waals surface area contributed by atoms with Crippen LogP contribution in [0.1, 0.15) is 34.5 Å². The van der Waals surface area contributed by atoms with Crippen molar-refractivity contribution in [2.24, 2.45) is 7.05 Å². The number of nitrogens with zero attached hydrogens (tertiary/aromatic N) is 2. The molecule has 0 aliphatic carbocycles. The average Bonchev–Trinajstić information content (AvgIpc) is 3.00. The van der Waals surface area contributed by atoms with Crippen molar-refractivity contribution in [2.45, 2.75) is 19.4 Å². The molecule has 1 unspecified atom stereocenters. The van der Waals surface area contributed by atoms with Gasteiger partial charge in [-0.25, -0.2) is 4.98 Å². The van der Waals surface area contributed by atoms with Crippen molar-refractivity contribution in [1.82, 2.24) is 14.9 Å². The van der Waals surface area contributed by atoms with Gasteiger partial charge in [0.25, 0.3) is 5.91 Å². The van der Waals surface area contributed by atoms with Crippen LogP contribution in [0.5, 0.6) is 0 Å². The molecule has 1 aromatic heterocycles. The highest BCUT2D eigenvalue weighted by Crippen LogP contribution is 2.17. The van der Waals surface area contributed by atoms with Crippen LogP contribution in [0.3, 0.4) is 0 Å². The molecule has 5 heteroatoms. The highest BCUT2D eigenvalue weighted by atomic mass is 16.3. The molecule has 24 heavy (non-hydrogen) atoms. The Balaban J connectivity index is 1.79. The van der Waals surface area contributed by atoms with Gasteiger partial charge in [0.2, 0.25) is 0 Å². The first-order valence-corrected chi connectivity index (χ1v) is 8.04. The molecule has 2 N–H and O–H groups in total. The molecule has 1 atom stereocenters. The van der Waals surface area contributed by atoms with Crippen molar-refractivity contribution in [3.8, 4) is 0 Å². The number of benzene rings is 2. The van der Waals surface area contributed by atoms with Crippen LogP contribution in [0.25, 0.3) is 11.0 Å². The summed E-state index contributed by atoms with van der Waals surface area (Å²) in [5.41, 5.74) is 4.40. The molecule has 0 aliphatic heterocycles. The summed E-state index contributed by atoms with van der Waals surface area (Å²) >= 11 is 0. The zero-order valence-corrected chi connectivity index (χ0v) is 13.9. The maximum absolute atomic E-state index is 12.5. The van der Waals surface area contributed by atoms with Crippen LogP contribution in [-0.2, 0) is 13.5 Å². The highest BCUT2D eigenvalue weighted by Gasteiger charge is 2.16. The molecule has 124 valence electrons. The van der Waals surface area contributed by atoms with Crippen molar-refractivity contribution >= 4 is 16.9 Å². The number of aryl methyl sites for hydroxylation is 2. The number of aromatic nitrogens is 2. The van der Waals surface area contributed by atoms with E-state index in [0.717, 1.165) is 23.0 Å². The zero-order valence-electron chi connectivity index (χ0n) is 13.9. The molecule has 0 aliphatic rings. The number of rotatable bonds is 5. The monoisotopic (exact) mass is 323 g/mol. The Kier molecular flexibility index (Phi) is 4.62. The van der Waals surface area contributed by atoms with Crippen molar-refractivity contribution in [3.05, 3.63) is 65.5 Å². The first kappa shape index (κ1) is 16.2. The molecule has 3 aromatic rings. The SMILES string of the molecule is CCc1ccc(C(CO)NC(=O)c2ccc3c(c2)ncn3C)cc1. The molecule has 2 aromatic carbocycles. The van der Waals surface area contributed by atoms with Crippen LogP contribution in [0.15, 0.2) is 48.8 Å². The van der Waals surface area contributed by atoms with Gasteiger partial charge >= 0.3 is 0 Å². The summed E-state index contributed by atoms with van der Waals surface area (Å²) in [6.45, 7) is 1.94. The summed E-state index contributed by atoms with van der Waals surface area (Å²) in [7, 11) is 1.91. The summed E-state index contributed by atoms with van der Waals surface area (Å²) in [5, 5.41) is 12.5. The molecule has 0 fully saturated rings. The zero-order chi connectivity index (χ0) is 17.1. The number of hydrogen-bond donors (Lipinski definition) is 2. The van der Waals surface area contributed by atoms with E-state index in [4.69, 9.17) is 0 Å². The first-order valence-electron chi connectivity index (χ1n) is 8.04. The average molecular weight is 323 g/mol. The van der Waals surface area contributed by atoms with Crippen LogP contribution >= 0.6 is 0 Å². The molecule has 0 radical (unpaired) electrons. The Hall–Kier alpha value is -2.66. The van der Waals surface area contributed by atoms with Gasteiger partial charge in [0.1, 0.15) is 0 Å². The second kappa shape index (κ2) is 6.84. The maximum Gasteiger partial charge on any atom is 0.251 e. The number of carbonyl (C=O) groups is 1. The van der Waals surface area contributed by atoms with Crippen LogP contribution < -0.4 is 5.32 Å². The standard InChI is InChI=1S/C19H21N3O2/c1-3-13-4-6-14(7-5-13)17(11-23)21-19(24)15-8-9-18-16(10-15)20-12-22(18)2/h4-10,12,17,23H,3,11H2,1-2H3,(H,21,24). The Bertz CT molecular complexity index is 853. The molecule has 1 heterocycles. The minimum Gasteiger partial charge on any atom is -0.394 e. The number of aliphatic hydroxyl groups excluding tert-OH is 1. The minimum absolute atomic E-state index is 0.150. The summed E-state index contributed by atoms with van der Waals surface area (Å²) < 4.78 is 1.91. The third kappa shape index (κ3) is 3.16. The van der Waals surface area contributed by atoms with Gasteiger partial charge in [-0.2, -0.15) is 0 Å². The molecule has 1 amide bonds. The van der Waals surface area contributed by atoms with E-state index in [1.807, 2.05) is 41.9 Å². The predicted molar refractivity (Wildman–Crippen MR) is 93.8 cm³/mol. The second-order valence-corrected chi connectivity index (χ2v) is 5.86. The predicted octanol–water partition coefficient (Wildman–Crippen LogP) is 2.60. The lowest BCUT2D eigenvalue weighted by Gasteiger charge is -2.17. The molecule has 3 rings (SSSR count). The van der Waals surface area contributed by atoms with E-state index in [2.05, 4.69) is 17.2 Å². The fraction of sp³-hybridized carbons (Fsp3) is 0.263. The number of nitrogens with one attached hydrogen (secondary N) is 1. The number of carbonyl (C=O) groups excluding carboxylic acids is 1. The summed E-state index contributed by atoms with van der Waals surface area (Å²) in [4.78, 5) is 16.8. The van der Waals surface area contributed by atoms with E-state index in [1.54, 1.807) is 18.5 Å². The summed E-state index contributed by atoms with van der Waals surface area (Å²) in [5.74, 6) is -0.221. The minimum atomic E-state index is -0.428. The number of fused-ring (bicyclic) bond motifs is 1. The molecular formula is C19H21N3O2. The van der Waals surface area contributed by atoms with E-state index in [9.17, 15) is 9.90 Å². The summed E-state index contributed by atoms with van der Waals surface area (Å²) in [6, 6.07) is 12.9. The molecule has 5 nitrogen and oxygen atoms in total. The van der Waals surface area contributed by atoms with E-state index in [0.29, 0.717) is 5.56 Å². The number of imidazole rings is 1. The van der Waals surface area contributed by atoms with Crippen LogP contribution in [0.4, 0.5) is 0 Å². The topological polar surface area (TPSA) is 67.2 Å². The number of amides is 1. The second-order valence-electron chi connectivity index (χ2n) is 5.86. The van der Waals surface area contributed by atoms with Gasteiger partial charge < -0.3 is 15.0 Å². The Labute approximate surface area is 141 Å². The maximum atomic E-state index is 12.5. The third-order valence-electron chi connectivity index (χ3n) is 4.27. The van der Waals surface area contributed by atoms with Crippen LogP contribution in [0, 0.1) is 0 Å². The van der Waals surface area contributed by atoms with Crippen molar-refractivity contribution < 1.29 is 9.90 Å². The molecule has 0 spiro atoms. The van der Waals surface area contributed by atoms with Crippen LogP contribution in [-0.4, -0.2) is 27.2 Å². The quantitative estimate of drug-likeness (QED) is 0.758. The van der Waals surface area contributed by atoms with Gasteiger partial charge in [-0.1, -0.05) is 31.2 Å². The van der Waals surface area contributed by atoms with Crippen LogP contribution in [0.2, 0.25) is 0 Å². The lowest BCUT2D eigenvalue weighted by atomic mass is 10.0. The Morgan fingerprint density at radius 1 is 1.25 bits per heavy atom. The Morgan fingerprint density at radius 3 is 2.67 bits per heavy atom. The molecule has 0 bridgehead atoms. The van der Waals surface area contributed by atoms with E-state index < -0.39 is 6.04 Å². The van der Waals surface area contributed by atoms with Crippen molar-refractivity contribution in [3.63, 3.8) is 0 Å². The van der Waals surface area contributed by atoms with Gasteiger partial charge in [0.15, 0.2) is 0 Å². The lowest BCUT2D eigenvalue weighted by molar-refractivity contribution is 0.0916. The normalized spacial score (nSPS) is 12.3. The molecule has 0 saturated heterocycles. The van der Waals surface area contributed by atoms with E-state index >= 15 is 0 Å². The smallest absolute Gasteiger partial charge is 0.251 e. The largest absolute Gasteiger partial charge is 0.394 e. The van der Waals surface area contributed by atoms with E-state index in [1.165, 1.54) is 5.56 Å². The van der Waals surface area contributed by atoms with Gasteiger partial charge in [-0.15, -0.1) is 0 Å². The number of hydrogen-bond acceptors (Lipinski definition) is 3. The highest BCUT2D eigenvalue weighted by molar-refractivity contribution is 5.97. The molecule has 0 saturated carbocycles. The van der Waals surface area contributed by atoms with Gasteiger partial charge in [-0.3, -0.25) is 4.79 Å². The molecular weight excluding hydrogens is 302 g/mol. The Morgan fingerprint density at radius 2 is 2.00 bits per heavy atom. The van der Waals surface area contributed by atoms with Gasteiger partial charge in [-0.05, 0) is 35.7 Å². The third-order valence-corrected chi connectivity index (χ3v) is 4.27. The van der Waals surface area contributed by atoms with Gasteiger partial charge in [0, 0.05) is 12.6 Å². The van der Waals surface area contributed by atoms with Crippen molar-refractivity contribution in [1.29, 1.82) is 0 Å². The van der Waals surface area contributed by atoms with Crippen molar-refractivity contribution in [2.75, 3.05) is 6.61 Å². The van der Waals surface area contributed by atoms with Gasteiger partial charge in [0.05, 0.1) is 30.0 Å². The fourth-order valence-corrected chi connectivity index (χ4v) is 2.74. The fourth-order valence-electron chi connectivity index (χ4n) is 2.74. The van der Waals surface area contributed by atoms with E-state index in [-0.39, 0.29) is 12.5 Å². The summed E-state index contributed by atoms with van der Waals surface area (Å²) in [6.07, 6.45) is 2.68. The number of aliphatic hydroxyl groups is 1. The first-order chi connectivity index (χ1) is 11.6.